The van der Waals surface area contributed by atoms with Crippen LogP contribution in [0.3, 0.4) is 0 Å². The number of rotatable bonds is 4. The van der Waals surface area contributed by atoms with E-state index in [1.54, 1.807) is 0 Å². The van der Waals surface area contributed by atoms with Gasteiger partial charge < -0.3 is 31.0 Å². The summed E-state index contributed by atoms with van der Waals surface area (Å²) in [5, 5.41) is 0.268. The van der Waals surface area contributed by atoms with Crippen LogP contribution in [0.5, 0.6) is 0 Å². The summed E-state index contributed by atoms with van der Waals surface area (Å²) in [6, 6.07) is 0. The van der Waals surface area contributed by atoms with Crippen molar-refractivity contribution < 1.29 is 76.2 Å². The molecule has 9 heteroatoms. The van der Waals surface area contributed by atoms with Crippen LogP contribution in [-0.4, -0.2) is 52.9 Å². The van der Waals surface area contributed by atoms with Crippen molar-refractivity contribution in [2.45, 2.75) is 96.4 Å². The van der Waals surface area contributed by atoms with Crippen LogP contribution in [0, 0.1) is 0 Å². The van der Waals surface area contributed by atoms with Crippen molar-refractivity contribution in [1.29, 1.82) is 0 Å². The fourth-order valence-electron chi connectivity index (χ4n) is 4.40. The fourth-order valence-corrected chi connectivity index (χ4v) is 6.07. The quantitative estimate of drug-likeness (QED) is 0.407. The maximum Gasteiger partial charge on any atom is 1.00 e. The smallest absolute Gasteiger partial charge is 1.00 e. The van der Waals surface area contributed by atoms with Crippen LogP contribution in [0.4, 0.5) is 0 Å². The van der Waals surface area contributed by atoms with Gasteiger partial charge in [-0.3, -0.25) is 0 Å². The standard InChI is InChI=1S/C16H30O3Si.C8H11BrO2.K.H3N.H/c1-13-7-9-16(17-11-12-18-16)14(13)8-10-19-20(5,6)15(2,3)4;1-6-2-3-8(7(6)9)10-4-5-11-8;;;/h7-12H2,1-6H3;2-5H2,1H3;;1H3;/q;;+1;;-1. The Morgan fingerprint density at radius 1 is 0.909 bits per heavy atom. The normalized spacial score (nSPS) is 23.6. The molecule has 2 spiro atoms. The van der Waals surface area contributed by atoms with E-state index >= 15 is 0 Å². The van der Waals surface area contributed by atoms with E-state index in [1.807, 2.05) is 0 Å². The molecule has 2 saturated heterocycles. The number of allylic oxidation sites excluding steroid dienone is 2. The Morgan fingerprint density at radius 3 is 1.82 bits per heavy atom. The van der Waals surface area contributed by atoms with Crippen LogP contribution in [0.1, 0.15) is 68.1 Å². The molecule has 0 aromatic rings. The molecule has 4 rings (SSSR count). The van der Waals surface area contributed by atoms with E-state index in [0.717, 1.165) is 69.6 Å². The van der Waals surface area contributed by atoms with Crippen molar-refractivity contribution >= 4 is 24.2 Å². The first kappa shape index (κ1) is 32.6. The number of halogens is 1. The second-order valence-electron chi connectivity index (χ2n) is 10.6. The number of hydrogen-bond donors (Lipinski definition) is 1. The number of ether oxygens (including phenoxy) is 4. The first-order valence-electron chi connectivity index (χ1n) is 11.7. The van der Waals surface area contributed by atoms with E-state index in [9.17, 15) is 0 Å². The van der Waals surface area contributed by atoms with E-state index < -0.39 is 14.1 Å². The molecule has 2 aliphatic carbocycles. The Balaban J connectivity index is 0.000000667. The molecule has 2 aliphatic heterocycles. The summed E-state index contributed by atoms with van der Waals surface area (Å²) in [6.07, 6.45) is 5.07. The number of hydrogen-bond acceptors (Lipinski definition) is 6. The summed E-state index contributed by atoms with van der Waals surface area (Å²) in [7, 11) is -1.65. The second kappa shape index (κ2) is 12.9. The van der Waals surface area contributed by atoms with Gasteiger partial charge in [0.05, 0.1) is 30.9 Å². The van der Waals surface area contributed by atoms with Crippen LogP contribution >= 0.6 is 15.9 Å². The third kappa shape index (κ3) is 7.33. The minimum atomic E-state index is -1.65. The van der Waals surface area contributed by atoms with Gasteiger partial charge in [0.25, 0.3) is 0 Å². The monoisotopic (exact) mass is 573 g/mol. The first-order chi connectivity index (χ1) is 14.4. The zero-order chi connectivity index (χ0) is 22.9. The van der Waals surface area contributed by atoms with E-state index in [-0.39, 0.29) is 69.8 Å². The summed E-state index contributed by atoms with van der Waals surface area (Å²) in [5.41, 5.74) is 4.13. The molecule has 0 unspecified atom stereocenters. The molecule has 4 aliphatic rings. The molecule has 2 fully saturated rings. The molecule has 0 radical (unpaired) electrons. The predicted octanol–water partition coefficient (Wildman–Crippen LogP) is 3.72. The molecule has 0 aromatic heterocycles. The Morgan fingerprint density at radius 2 is 1.36 bits per heavy atom. The average molecular weight is 575 g/mol. The Labute approximate surface area is 254 Å². The van der Waals surface area contributed by atoms with E-state index in [1.165, 1.54) is 16.7 Å². The molecule has 3 N–H and O–H groups in total. The van der Waals surface area contributed by atoms with Gasteiger partial charge in [0.1, 0.15) is 0 Å². The van der Waals surface area contributed by atoms with E-state index in [0.29, 0.717) is 0 Å². The third-order valence-electron chi connectivity index (χ3n) is 7.47. The van der Waals surface area contributed by atoms with Crippen LogP contribution in [0.2, 0.25) is 18.1 Å². The predicted molar refractivity (Wildman–Crippen MR) is 136 cm³/mol. The maximum absolute atomic E-state index is 6.30. The average Bonchev–Trinajstić information content (AvgIpc) is 3.47. The molecule has 188 valence electrons. The molecule has 6 nitrogen and oxygen atoms in total. The molecule has 33 heavy (non-hydrogen) atoms. The molecule has 0 aromatic carbocycles. The summed E-state index contributed by atoms with van der Waals surface area (Å²) < 4.78 is 30.3. The van der Waals surface area contributed by atoms with Gasteiger partial charge in [-0.05, 0) is 72.7 Å². The van der Waals surface area contributed by atoms with Crippen molar-refractivity contribution in [1.82, 2.24) is 6.15 Å². The molecular formula is C24H45BrKNO5Si. The third-order valence-corrected chi connectivity index (χ3v) is 13.3. The Bertz CT molecular complexity index is 729. The summed E-state index contributed by atoms with van der Waals surface area (Å²) in [4.78, 5) is 0. The molecular weight excluding hydrogens is 529 g/mol. The molecule has 2 heterocycles. The zero-order valence-electron chi connectivity index (χ0n) is 23.2. The Kier molecular flexibility index (Phi) is 12.7. The van der Waals surface area contributed by atoms with Gasteiger partial charge >= 0.3 is 51.4 Å². The zero-order valence-corrected chi connectivity index (χ0v) is 27.9. The molecule has 0 bridgehead atoms. The van der Waals surface area contributed by atoms with Gasteiger partial charge in [-0.25, -0.2) is 0 Å². The van der Waals surface area contributed by atoms with Crippen molar-refractivity contribution in [3.63, 3.8) is 0 Å². The first-order valence-corrected chi connectivity index (χ1v) is 15.4. The van der Waals surface area contributed by atoms with Gasteiger partial charge in [-0.2, -0.15) is 0 Å². The topological polar surface area (TPSA) is 81.2 Å². The van der Waals surface area contributed by atoms with Gasteiger partial charge in [0, 0.05) is 19.4 Å². The van der Waals surface area contributed by atoms with Gasteiger partial charge in [0.2, 0.25) is 5.79 Å². The SMILES string of the molecule is CC1=C(Br)C2(CC1)OCCO2.CC1=C(CCO[Si](C)(C)C(C)(C)C)C2(CC1)OCCO2.N.[H-].[K+]. The van der Waals surface area contributed by atoms with Crippen molar-refractivity contribution in [3.05, 3.63) is 21.2 Å². The van der Waals surface area contributed by atoms with Crippen molar-refractivity contribution in [2.24, 2.45) is 0 Å². The fraction of sp³-hybridized carbons (Fsp3) is 0.833. The summed E-state index contributed by atoms with van der Waals surface area (Å²) in [5.74, 6) is -0.787. The summed E-state index contributed by atoms with van der Waals surface area (Å²) in [6.45, 7) is 19.5. The van der Waals surface area contributed by atoms with Gasteiger partial charge in [-0.1, -0.05) is 31.9 Å². The molecule has 0 saturated carbocycles. The van der Waals surface area contributed by atoms with Crippen molar-refractivity contribution in [2.75, 3.05) is 33.0 Å². The molecule has 0 atom stereocenters. The van der Waals surface area contributed by atoms with Crippen LogP contribution < -0.4 is 57.5 Å². The van der Waals surface area contributed by atoms with E-state index in [4.69, 9.17) is 23.4 Å². The largest absolute Gasteiger partial charge is 1.00 e. The Hall–Kier alpha value is 1.57. The minimum absolute atomic E-state index is 0. The van der Waals surface area contributed by atoms with Gasteiger partial charge in [0.15, 0.2) is 14.1 Å². The van der Waals surface area contributed by atoms with Crippen LogP contribution in [-0.2, 0) is 23.4 Å². The van der Waals surface area contributed by atoms with E-state index in [2.05, 4.69) is 63.6 Å². The van der Waals surface area contributed by atoms with Crippen LogP contribution in [0.15, 0.2) is 21.2 Å². The second-order valence-corrected chi connectivity index (χ2v) is 16.2. The van der Waals surface area contributed by atoms with Crippen LogP contribution in [0.25, 0.3) is 0 Å². The maximum atomic E-state index is 6.30. The van der Waals surface area contributed by atoms with Gasteiger partial charge in [-0.15, -0.1) is 0 Å². The molecule has 0 amide bonds. The summed E-state index contributed by atoms with van der Waals surface area (Å²) >= 11 is 3.52. The van der Waals surface area contributed by atoms with Crippen molar-refractivity contribution in [3.8, 4) is 0 Å². The minimum Gasteiger partial charge on any atom is -1.00 e.